The minimum absolute atomic E-state index is 0.0171. The van der Waals surface area contributed by atoms with Gasteiger partial charge in [0.05, 0.1) is 14.2 Å². The molecule has 0 radical (unpaired) electrons. The number of para-hydroxylation sites is 2. The Bertz CT molecular complexity index is 1610. The summed E-state index contributed by atoms with van der Waals surface area (Å²) >= 11 is 0. The highest BCUT2D eigenvalue weighted by atomic mass is 16.5. The van der Waals surface area contributed by atoms with Crippen LogP contribution in [0.4, 0.5) is 0 Å². The monoisotopic (exact) mass is 618 g/mol. The Morgan fingerprint density at radius 1 is 0.522 bits per heavy atom. The van der Waals surface area contributed by atoms with Crippen LogP contribution in [0.15, 0.2) is 121 Å². The second-order valence-electron chi connectivity index (χ2n) is 9.75. The van der Waals surface area contributed by atoms with E-state index in [1.165, 1.54) is 26.4 Å². The number of ether oxygens (including phenoxy) is 2. The molecule has 0 heterocycles. The van der Waals surface area contributed by atoms with Crippen LogP contribution in [0.1, 0.15) is 31.8 Å². The van der Waals surface area contributed by atoms with E-state index in [4.69, 9.17) is 9.47 Å². The van der Waals surface area contributed by atoms with Gasteiger partial charge in [-0.1, -0.05) is 72.8 Å². The van der Waals surface area contributed by atoms with Gasteiger partial charge < -0.3 is 30.7 Å². The van der Waals surface area contributed by atoms with Crippen molar-refractivity contribution in [3.05, 3.63) is 143 Å². The molecule has 10 heteroatoms. The lowest BCUT2D eigenvalue weighted by atomic mass is 10.1. The van der Waals surface area contributed by atoms with Crippen LogP contribution >= 0.6 is 0 Å². The molecule has 46 heavy (non-hydrogen) atoms. The Morgan fingerprint density at radius 2 is 0.870 bits per heavy atom. The molecule has 0 saturated heterocycles. The Kier molecular flexibility index (Phi) is 11.8. The molecule has 0 spiro atoms. The zero-order valence-electron chi connectivity index (χ0n) is 25.4. The lowest BCUT2D eigenvalue weighted by Gasteiger charge is -2.14. The van der Waals surface area contributed by atoms with Gasteiger partial charge in [-0.25, -0.2) is 0 Å². The lowest BCUT2D eigenvalue weighted by Crippen LogP contribution is -2.41. The molecule has 0 saturated carbocycles. The van der Waals surface area contributed by atoms with Crippen molar-refractivity contribution in [3.8, 4) is 11.5 Å². The highest BCUT2D eigenvalue weighted by Gasteiger charge is 2.18. The van der Waals surface area contributed by atoms with Crippen molar-refractivity contribution in [3.63, 3.8) is 0 Å². The van der Waals surface area contributed by atoms with Crippen molar-refractivity contribution in [2.75, 3.05) is 27.3 Å². The number of carbonyl (C=O) groups is 4. The van der Waals surface area contributed by atoms with E-state index in [1.54, 1.807) is 109 Å². The number of rotatable bonds is 13. The number of hydrogen-bond donors (Lipinski definition) is 4. The van der Waals surface area contributed by atoms with E-state index in [1.807, 2.05) is 0 Å². The minimum atomic E-state index is -0.577. The van der Waals surface area contributed by atoms with E-state index in [9.17, 15) is 19.2 Å². The summed E-state index contributed by atoms with van der Waals surface area (Å²) < 4.78 is 10.8. The third-order valence-corrected chi connectivity index (χ3v) is 6.63. The average Bonchev–Trinajstić information content (AvgIpc) is 3.10. The topological polar surface area (TPSA) is 135 Å². The number of nitrogens with one attached hydrogen (secondary N) is 4. The predicted octanol–water partition coefficient (Wildman–Crippen LogP) is 4.18. The van der Waals surface area contributed by atoms with Crippen LogP contribution in [-0.2, 0) is 9.59 Å². The molecule has 0 aliphatic carbocycles. The fourth-order valence-corrected chi connectivity index (χ4v) is 4.31. The van der Waals surface area contributed by atoms with E-state index in [-0.39, 0.29) is 24.5 Å². The van der Waals surface area contributed by atoms with E-state index in [0.717, 1.165) is 0 Å². The van der Waals surface area contributed by atoms with Crippen LogP contribution in [0.25, 0.3) is 12.2 Å². The van der Waals surface area contributed by atoms with Crippen LogP contribution in [0.2, 0.25) is 0 Å². The normalized spacial score (nSPS) is 11.2. The molecule has 4 amide bonds. The van der Waals surface area contributed by atoms with Gasteiger partial charge in [0.15, 0.2) is 0 Å². The molecule has 234 valence electrons. The number of amides is 4. The summed E-state index contributed by atoms with van der Waals surface area (Å²) in [5.41, 5.74) is 1.88. The van der Waals surface area contributed by atoms with Gasteiger partial charge in [0.1, 0.15) is 22.9 Å². The Labute approximate surface area is 267 Å². The average molecular weight is 619 g/mol. The summed E-state index contributed by atoms with van der Waals surface area (Å²) in [5.74, 6) is -1.06. The molecule has 4 N–H and O–H groups in total. The number of methoxy groups -OCH3 is 2. The van der Waals surface area contributed by atoms with E-state index in [0.29, 0.717) is 33.8 Å². The molecule has 4 rings (SSSR count). The van der Waals surface area contributed by atoms with Gasteiger partial charge in [-0.3, -0.25) is 19.2 Å². The van der Waals surface area contributed by atoms with Crippen molar-refractivity contribution in [2.45, 2.75) is 0 Å². The fraction of sp³-hybridized carbons (Fsp3) is 0.111. The van der Waals surface area contributed by atoms with Crippen LogP contribution in [0.3, 0.4) is 0 Å². The van der Waals surface area contributed by atoms with Gasteiger partial charge in [0.25, 0.3) is 23.6 Å². The van der Waals surface area contributed by atoms with Crippen LogP contribution < -0.4 is 30.7 Å². The van der Waals surface area contributed by atoms with E-state index >= 15 is 0 Å². The number of hydrogen-bond acceptors (Lipinski definition) is 6. The Hall–Kier alpha value is -6.16. The van der Waals surface area contributed by atoms with Crippen LogP contribution in [0, 0.1) is 0 Å². The number of carbonyl (C=O) groups excluding carboxylic acids is 4. The molecule has 0 aliphatic heterocycles. The molecule has 0 bridgehead atoms. The first-order chi connectivity index (χ1) is 22.4. The third-order valence-electron chi connectivity index (χ3n) is 6.63. The second-order valence-corrected chi connectivity index (χ2v) is 9.75. The molecule has 0 aromatic heterocycles. The standard InChI is InChI=1S/C36H34N4O6/c1-45-31-19-11-9-17-27(31)23-29(39-33(41)25-13-5-3-6-14-25)35(43)37-21-22-38-36(44)30(24-28-18-10-12-20-32(28)46-2)40-34(42)26-15-7-4-8-16-26/h3-20,23-24H,21-22H2,1-2H3,(H,37,43)(H,38,44)(H,39,41)(H,40,42)/b29-23+,30-24+. The molecule has 0 aliphatic rings. The summed E-state index contributed by atoms with van der Waals surface area (Å²) in [6.07, 6.45) is 3.03. The Balaban J connectivity index is 1.47. The Morgan fingerprint density at radius 3 is 1.24 bits per heavy atom. The zero-order chi connectivity index (χ0) is 32.7. The summed E-state index contributed by atoms with van der Waals surface area (Å²) in [6, 6.07) is 31.1. The van der Waals surface area contributed by atoms with Crippen molar-refractivity contribution >= 4 is 35.8 Å². The van der Waals surface area contributed by atoms with Crippen molar-refractivity contribution < 1.29 is 28.7 Å². The highest BCUT2D eigenvalue weighted by Crippen LogP contribution is 2.21. The summed E-state index contributed by atoms with van der Waals surface area (Å²) in [6.45, 7) is 0.0350. The fourth-order valence-electron chi connectivity index (χ4n) is 4.31. The lowest BCUT2D eigenvalue weighted by molar-refractivity contribution is -0.119. The molecule has 4 aromatic carbocycles. The molecule has 10 nitrogen and oxygen atoms in total. The van der Waals surface area contributed by atoms with E-state index in [2.05, 4.69) is 21.3 Å². The summed E-state index contributed by atoms with van der Waals surface area (Å²) in [4.78, 5) is 52.4. The van der Waals surface area contributed by atoms with Crippen molar-refractivity contribution in [1.29, 1.82) is 0 Å². The smallest absolute Gasteiger partial charge is 0.267 e. The van der Waals surface area contributed by atoms with Crippen LogP contribution in [-0.4, -0.2) is 50.9 Å². The molecular formula is C36H34N4O6. The SMILES string of the molecule is COc1ccccc1/C=C(/NC(=O)c1ccccc1)C(=O)NCCNC(=O)/C(=C\c1ccccc1OC)NC(=O)c1ccccc1. The van der Waals surface area contributed by atoms with Crippen molar-refractivity contribution in [1.82, 2.24) is 21.3 Å². The van der Waals surface area contributed by atoms with E-state index < -0.39 is 23.6 Å². The van der Waals surface area contributed by atoms with Gasteiger partial charge in [-0.15, -0.1) is 0 Å². The van der Waals surface area contributed by atoms with Gasteiger partial charge in [-0.05, 0) is 48.6 Å². The van der Waals surface area contributed by atoms with Gasteiger partial charge in [0.2, 0.25) is 0 Å². The maximum atomic E-state index is 13.3. The summed E-state index contributed by atoms with van der Waals surface area (Å²) in [7, 11) is 3.02. The maximum absolute atomic E-state index is 13.3. The largest absolute Gasteiger partial charge is 0.496 e. The molecule has 0 unspecified atom stereocenters. The predicted molar refractivity (Wildman–Crippen MR) is 176 cm³/mol. The maximum Gasteiger partial charge on any atom is 0.267 e. The second kappa shape index (κ2) is 16.6. The minimum Gasteiger partial charge on any atom is -0.496 e. The van der Waals surface area contributed by atoms with Gasteiger partial charge in [0, 0.05) is 35.3 Å². The van der Waals surface area contributed by atoms with Gasteiger partial charge >= 0.3 is 0 Å². The summed E-state index contributed by atoms with van der Waals surface area (Å²) in [5, 5.41) is 10.8. The first-order valence-electron chi connectivity index (χ1n) is 14.4. The van der Waals surface area contributed by atoms with Crippen molar-refractivity contribution in [2.24, 2.45) is 0 Å². The quantitative estimate of drug-likeness (QED) is 0.131. The molecular weight excluding hydrogens is 584 g/mol. The van der Waals surface area contributed by atoms with Crippen LogP contribution in [0.5, 0.6) is 11.5 Å². The first kappa shape index (κ1) is 32.7. The molecule has 4 aromatic rings. The third kappa shape index (κ3) is 9.17. The van der Waals surface area contributed by atoms with Gasteiger partial charge in [-0.2, -0.15) is 0 Å². The zero-order valence-corrected chi connectivity index (χ0v) is 25.4. The first-order valence-corrected chi connectivity index (χ1v) is 14.4. The molecule has 0 fully saturated rings. The highest BCUT2D eigenvalue weighted by molar-refractivity contribution is 6.06. The molecule has 0 atom stereocenters. The number of benzene rings is 4.